The minimum atomic E-state index is 0.961. The highest BCUT2D eigenvalue weighted by Gasteiger charge is 2.24. The summed E-state index contributed by atoms with van der Waals surface area (Å²) in [7, 11) is 0. The topological polar surface area (TPSA) is 24.9 Å². The van der Waals surface area contributed by atoms with Gasteiger partial charge in [0.2, 0.25) is 0 Å². The van der Waals surface area contributed by atoms with E-state index in [1.807, 2.05) is 12.3 Å². The van der Waals surface area contributed by atoms with E-state index in [0.29, 0.717) is 0 Å². The van der Waals surface area contributed by atoms with Crippen LogP contribution in [0.15, 0.2) is 54.2 Å². The zero-order valence-corrected chi connectivity index (χ0v) is 10.8. The number of para-hydroxylation sites is 1. The van der Waals surface area contributed by atoms with Crippen LogP contribution in [0.5, 0.6) is 0 Å². The molecule has 1 aliphatic heterocycles. The SMILES string of the molecule is CC1=CC2=C(C1)c1cccnc1Nc1ccccc12. The normalized spacial score (nSPS) is 15.9. The highest BCUT2D eigenvalue weighted by Crippen LogP contribution is 2.45. The molecule has 2 heterocycles. The van der Waals surface area contributed by atoms with Gasteiger partial charge in [0.25, 0.3) is 0 Å². The molecule has 1 aromatic carbocycles. The maximum absolute atomic E-state index is 4.50. The molecular weight excluding hydrogens is 232 g/mol. The Balaban J connectivity index is 2.06. The Morgan fingerprint density at radius 2 is 1.89 bits per heavy atom. The molecule has 0 unspecified atom stereocenters. The predicted octanol–water partition coefficient (Wildman–Crippen LogP) is 4.40. The van der Waals surface area contributed by atoms with Gasteiger partial charge in [0.05, 0.1) is 0 Å². The largest absolute Gasteiger partial charge is 0.339 e. The molecule has 2 heteroatoms. The number of nitrogens with one attached hydrogen (secondary N) is 1. The maximum atomic E-state index is 4.50. The lowest BCUT2D eigenvalue weighted by Crippen LogP contribution is -1.97. The number of hydrogen-bond donors (Lipinski definition) is 1. The highest BCUT2D eigenvalue weighted by molar-refractivity contribution is 6.06. The van der Waals surface area contributed by atoms with Crippen molar-refractivity contribution in [1.29, 1.82) is 0 Å². The smallest absolute Gasteiger partial charge is 0.137 e. The van der Waals surface area contributed by atoms with Crippen LogP contribution in [0.25, 0.3) is 11.1 Å². The molecule has 4 rings (SSSR count). The van der Waals surface area contributed by atoms with Crippen LogP contribution in [0.2, 0.25) is 0 Å². The summed E-state index contributed by atoms with van der Waals surface area (Å²) in [5, 5.41) is 3.46. The molecule has 0 amide bonds. The molecule has 19 heavy (non-hydrogen) atoms. The van der Waals surface area contributed by atoms with Crippen LogP contribution >= 0.6 is 0 Å². The van der Waals surface area contributed by atoms with Gasteiger partial charge in [-0.25, -0.2) is 4.98 Å². The van der Waals surface area contributed by atoms with Crippen molar-refractivity contribution in [2.24, 2.45) is 0 Å². The lowest BCUT2D eigenvalue weighted by atomic mass is 9.98. The third-order valence-corrected chi connectivity index (χ3v) is 3.77. The van der Waals surface area contributed by atoms with Gasteiger partial charge in [-0.2, -0.15) is 0 Å². The molecule has 0 saturated heterocycles. The molecule has 2 aliphatic rings. The van der Waals surface area contributed by atoms with Gasteiger partial charge in [-0.05, 0) is 42.7 Å². The summed E-state index contributed by atoms with van der Waals surface area (Å²) in [6, 6.07) is 12.6. The number of fused-ring (bicyclic) bond motifs is 4. The monoisotopic (exact) mass is 246 g/mol. The van der Waals surface area contributed by atoms with E-state index in [1.54, 1.807) is 0 Å². The first-order valence-electron chi connectivity index (χ1n) is 6.55. The van der Waals surface area contributed by atoms with E-state index in [1.165, 1.54) is 27.8 Å². The van der Waals surface area contributed by atoms with E-state index in [2.05, 4.69) is 53.6 Å². The molecule has 2 nitrogen and oxygen atoms in total. The molecule has 2 aromatic rings. The summed E-state index contributed by atoms with van der Waals surface area (Å²) in [4.78, 5) is 4.50. The minimum Gasteiger partial charge on any atom is -0.339 e. The maximum Gasteiger partial charge on any atom is 0.137 e. The fraction of sp³-hybridized carbons (Fsp3) is 0.118. The molecule has 1 aliphatic carbocycles. The van der Waals surface area contributed by atoms with Gasteiger partial charge in [-0.3, -0.25) is 0 Å². The molecule has 0 saturated carbocycles. The van der Waals surface area contributed by atoms with Crippen LogP contribution < -0.4 is 5.32 Å². The second-order valence-electron chi connectivity index (χ2n) is 5.13. The van der Waals surface area contributed by atoms with E-state index in [4.69, 9.17) is 0 Å². The number of rotatable bonds is 0. The molecule has 0 spiro atoms. The van der Waals surface area contributed by atoms with Gasteiger partial charge in [-0.15, -0.1) is 0 Å². The van der Waals surface area contributed by atoms with Gasteiger partial charge < -0.3 is 5.32 Å². The van der Waals surface area contributed by atoms with Gasteiger partial charge in [-0.1, -0.05) is 29.8 Å². The van der Waals surface area contributed by atoms with Gasteiger partial charge in [0.1, 0.15) is 5.82 Å². The Hall–Kier alpha value is -2.35. The first kappa shape index (κ1) is 10.6. The van der Waals surface area contributed by atoms with Crippen LogP contribution in [-0.4, -0.2) is 4.98 Å². The van der Waals surface area contributed by atoms with Gasteiger partial charge in [0, 0.05) is 23.0 Å². The molecule has 0 bridgehead atoms. The second kappa shape index (κ2) is 3.82. The van der Waals surface area contributed by atoms with Crippen LogP contribution in [0, 0.1) is 0 Å². The summed E-state index contributed by atoms with van der Waals surface area (Å²) in [6.45, 7) is 2.20. The third-order valence-electron chi connectivity index (χ3n) is 3.77. The van der Waals surface area contributed by atoms with Crippen molar-refractivity contribution >= 4 is 22.7 Å². The number of allylic oxidation sites excluding steroid dienone is 4. The molecular formula is C17H14N2. The van der Waals surface area contributed by atoms with Crippen LogP contribution in [-0.2, 0) is 0 Å². The number of hydrogen-bond acceptors (Lipinski definition) is 2. The first-order chi connectivity index (χ1) is 9.33. The minimum absolute atomic E-state index is 0.961. The Labute approximate surface area is 112 Å². The molecule has 0 fully saturated rings. The van der Waals surface area contributed by atoms with Crippen molar-refractivity contribution in [3.05, 3.63) is 65.4 Å². The Kier molecular flexibility index (Phi) is 2.12. The molecule has 0 atom stereocenters. The van der Waals surface area contributed by atoms with Gasteiger partial charge in [0.15, 0.2) is 0 Å². The second-order valence-corrected chi connectivity index (χ2v) is 5.13. The summed E-state index contributed by atoms with van der Waals surface area (Å²) in [5.74, 6) is 0.961. The molecule has 0 radical (unpaired) electrons. The Morgan fingerprint density at radius 3 is 2.84 bits per heavy atom. The highest BCUT2D eigenvalue weighted by atomic mass is 15.0. The van der Waals surface area contributed by atoms with Crippen LogP contribution in [0.1, 0.15) is 24.5 Å². The van der Waals surface area contributed by atoms with Crippen molar-refractivity contribution < 1.29 is 0 Å². The van der Waals surface area contributed by atoms with E-state index >= 15 is 0 Å². The number of anilines is 2. The van der Waals surface area contributed by atoms with Crippen molar-refractivity contribution in [2.75, 3.05) is 5.32 Å². The number of aromatic nitrogens is 1. The lowest BCUT2D eigenvalue weighted by molar-refractivity contribution is 1.23. The molecule has 1 aromatic heterocycles. The van der Waals surface area contributed by atoms with E-state index in [-0.39, 0.29) is 0 Å². The standard InChI is InChI=1S/C17H14N2/c1-11-9-14-12-5-2-3-7-16(12)19-17-13(15(14)10-11)6-4-8-18-17/h2-9H,10H2,1H3,(H,18,19). The summed E-state index contributed by atoms with van der Waals surface area (Å²) in [6.07, 6.45) is 5.16. The van der Waals surface area contributed by atoms with Crippen molar-refractivity contribution in [1.82, 2.24) is 4.98 Å². The van der Waals surface area contributed by atoms with Crippen molar-refractivity contribution in [2.45, 2.75) is 13.3 Å². The third kappa shape index (κ3) is 1.53. The predicted molar refractivity (Wildman–Crippen MR) is 79.1 cm³/mol. The molecule has 92 valence electrons. The number of nitrogens with zero attached hydrogens (tertiary/aromatic N) is 1. The summed E-state index contributed by atoms with van der Waals surface area (Å²) >= 11 is 0. The van der Waals surface area contributed by atoms with Gasteiger partial charge >= 0.3 is 0 Å². The average Bonchev–Trinajstić information content (AvgIpc) is 2.76. The number of pyridine rings is 1. The van der Waals surface area contributed by atoms with Crippen molar-refractivity contribution in [3.8, 4) is 0 Å². The number of benzene rings is 1. The van der Waals surface area contributed by atoms with Crippen molar-refractivity contribution in [3.63, 3.8) is 0 Å². The summed E-state index contributed by atoms with van der Waals surface area (Å²) < 4.78 is 0. The van der Waals surface area contributed by atoms with Crippen LogP contribution in [0.3, 0.4) is 0 Å². The fourth-order valence-corrected chi connectivity index (χ4v) is 2.94. The van der Waals surface area contributed by atoms with E-state index < -0.39 is 0 Å². The zero-order chi connectivity index (χ0) is 12.8. The zero-order valence-electron chi connectivity index (χ0n) is 10.8. The quantitative estimate of drug-likeness (QED) is 0.745. The molecule has 1 N–H and O–H groups in total. The van der Waals surface area contributed by atoms with E-state index in [0.717, 1.165) is 17.9 Å². The average molecular weight is 246 g/mol. The first-order valence-corrected chi connectivity index (χ1v) is 6.55. The Bertz CT molecular complexity index is 738. The van der Waals surface area contributed by atoms with E-state index in [9.17, 15) is 0 Å². The van der Waals surface area contributed by atoms with Crippen LogP contribution in [0.4, 0.5) is 11.5 Å². The lowest BCUT2D eigenvalue weighted by Gasteiger charge is -2.10. The summed E-state index contributed by atoms with van der Waals surface area (Å²) in [5.41, 5.74) is 7.77. The Morgan fingerprint density at radius 1 is 1.05 bits per heavy atom. The fourth-order valence-electron chi connectivity index (χ4n) is 2.94.